The molecule has 0 bridgehead atoms. The fraction of sp³-hybridized carbons (Fsp3) is 0.515. The van der Waals surface area contributed by atoms with Crippen molar-refractivity contribution in [1.29, 1.82) is 0 Å². The molecule has 3 N–H and O–H groups in total. The minimum Gasteiger partial charge on any atom is -0.391 e. The summed E-state index contributed by atoms with van der Waals surface area (Å²) >= 11 is 7.52. The number of amides is 1. The fourth-order valence-electron chi connectivity index (χ4n) is 9.04. The van der Waals surface area contributed by atoms with Crippen LogP contribution < -0.4 is 5.32 Å². The van der Waals surface area contributed by atoms with Crippen LogP contribution in [0.25, 0.3) is 10.8 Å². The van der Waals surface area contributed by atoms with Crippen LogP contribution in [0.1, 0.15) is 65.0 Å². The predicted molar refractivity (Wildman–Crippen MR) is 153 cm³/mol. The first-order valence-electron chi connectivity index (χ1n) is 14.2. The Hall–Kier alpha value is -2.47. The Bertz CT molecular complexity index is 1430. The number of halogens is 1. The number of fused-ring (bicyclic) bond motifs is 6. The van der Waals surface area contributed by atoms with Gasteiger partial charge < -0.3 is 15.5 Å². The molecule has 3 saturated carbocycles. The van der Waals surface area contributed by atoms with Gasteiger partial charge in [-0.1, -0.05) is 74.9 Å². The van der Waals surface area contributed by atoms with Crippen LogP contribution >= 0.6 is 11.6 Å². The second-order valence-electron chi connectivity index (χ2n) is 12.9. The van der Waals surface area contributed by atoms with E-state index in [1.165, 1.54) is 0 Å². The van der Waals surface area contributed by atoms with Gasteiger partial charge in [0.1, 0.15) is 0 Å². The number of aliphatic hydroxyl groups excluding tert-OH is 1. The molecule has 0 saturated heterocycles. The molecule has 2 aromatic carbocycles. The molecule has 1 amide bonds. The quantitative estimate of drug-likeness (QED) is 0.434. The molecule has 2 aromatic rings. The number of carbonyl (C=O) groups is 2. The first-order chi connectivity index (χ1) is 18.4. The van der Waals surface area contributed by atoms with Crippen molar-refractivity contribution < 1.29 is 19.8 Å². The molecule has 0 radical (unpaired) electrons. The van der Waals surface area contributed by atoms with Crippen LogP contribution in [0.15, 0.2) is 66.3 Å². The molecule has 9 atom stereocenters. The average molecular weight is 548 g/mol. The zero-order chi connectivity index (χ0) is 28.0. The first-order valence-corrected chi connectivity index (χ1v) is 14.6. The highest BCUT2D eigenvalue weighted by Gasteiger charge is 2.74. The zero-order valence-electron chi connectivity index (χ0n) is 23.1. The van der Waals surface area contributed by atoms with Crippen molar-refractivity contribution in [3.05, 3.63) is 71.8 Å². The summed E-state index contributed by atoms with van der Waals surface area (Å²) in [6.07, 6.45) is 6.42. The number of ketones is 1. The van der Waals surface area contributed by atoms with Gasteiger partial charge in [-0.2, -0.15) is 0 Å². The molecule has 3 fully saturated rings. The summed E-state index contributed by atoms with van der Waals surface area (Å²) in [7, 11) is 0. The molecule has 0 aliphatic heterocycles. The maximum absolute atomic E-state index is 14.1. The Morgan fingerprint density at radius 1 is 1.13 bits per heavy atom. The number of allylic oxidation sites excluding steroid dienone is 4. The Labute approximate surface area is 235 Å². The summed E-state index contributed by atoms with van der Waals surface area (Å²) in [5.41, 5.74) is -1.22. The molecular formula is C33H38ClNO4. The lowest BCUT2D eigenvalue weighted by Gasteiger charge is -2.63. The van der Waals surface area contributed by atoms with Crippen molar-refractivity contribution in [3.63, 3.8) is 0 Å². The minimum absolute atomic E-state index is 0.0443. The van der Waals surface area contributed by atoms with E-state index in [-0.39, 0.29) is 41.9 Å². The minimum atomic E-state index is -1.66. The molecule has 0 heterocycles. The second-order valence-corrected chi connectivity index (χ2v) is 13.6. The summed E-state index contributed by atoms with van der Waals surface area (Å²) in [6.45, 7) is 7.89. The van der Waals surface area contributed by atoms with Crippen molar-refractivity contribution in [3.8, 4) is 0 Å². The van der Waals surface area contributed by atoms with Crippen molar-refractivity contribution in [1.82, 2.24) is 5.32 Å². The predicted octanol–water partition coefficient (Wildman–Crippen LogP) is 5.63. The van der Waals surface area contributed by atoms with E-state index in [2.05, 4.69) is 23.5 Å². The van der Waals surface area contributed by atoms with Crippen LogP contribution in [0.4, 0.5) is 0 Å². The molecule has 6 rings (SSSR count). The van der Waals surface area contributed by atoms with Gasteiger partial charge in [0.25, 0.3) is 5.91 Å². The summed E-state index contributed by atoms with van der Waals surface area (Å²) in [5.74, 6) is -0.918. The second kappa shape index (κ2) is 8.76. The van der Waals surface area contributed by atoms with Crippen molar-refractivity contribution >= 4 is 34.1 Å². The number of nitrogens with one attached hydrogen (secondary N) is 1. The third-order valence-corrected chi connectivity index (χ3v) is 12.1. The molecule has 4 aliphatic carbocycles. The molecule has 39 heavy (non-hydrogen) atoms. The zero-order valence-corrected chi connectivity index (χ0v) is 23.8. The lowest BCUT2D eigenvalue weighted by molar-refractivity contribution is -0.179. The lowest BCUT2D eigenvalue weighted by atomic mass is 9.45. The number of rotatable bonds is 3. The number of carbonyl (C=O) groups excluding carboxylic acids is 2. The van der Waals surface area contributed by atoms with E-state index < -0.39 is 27.4 Å². The summed E-state index contributed by atoms with van der Waals surface area (Å²) in [4.78, 5) is 25.2. The van der Waals surface area contributed by atoms with Gasteiger partial charge in [-0.15, -0.1) is 11.6 Å². The van der Waals surface area contributed by atoms with Gasteiger partial charge in [0, 0.05) is 10.8 Å². The number of hydrogen-bond acceptors (Lipinski definition) is 4. The number of hydrogen-bond donors (Lipinski definition) is 3. The Balaban J connectivity index is 1.34. The Kier molecular flexibility index (Phi) is 6.01. The molecule has 4 aliphatic rings. The van der Waals surface area contributed by atoms with Crippen LogP contribution in [0.3, 0.4) is 0 Å². The Morgan fingerprint density at radius 3 is 2.62 bits per heavy atom. The molecule has 5 nitrogen and oxygen atoms in total. The van der Waals surface area contributed by atoms with Crippen LogP contribution in [0, 0.1) is 28.6 Å². The fourth-order valence-corrected chi connectivity index (χ4v) is 9.57. The van der Waals surface area contributed by atoms with Crippen molar-refractivity contribution in [2.24, 2.45) is 28.6 Å². The van der Waals surface area contributed by atoms with Gasteiger partial charge in [-0.05, 0) is 78.8 Å². The maximum atomic E-state index is 14.1. The van der Waals surface area contributed by atoms with E-state index in [0.717, 1.165) is 21.9 Å². The molecule has 206 valence electrons. The van der Waals surface area contributed by atoms with Crippen molar-refractivity contribution in [2.45, 2.75) is 76.0 Å². The van der Waals surface area contributed by atoms with E-state index in [1.807, 2.05) is 58.0 Å². The molecular weight excluding hydrogens is 510 g/mol. The number of aliphatic hydroxyl groups is 2. The molecule has 0 aromatic heterocycles. The van der Waals surface area contributed by atoms with Crippen LogP contribution in [0.2, 0.25) is 0 Å². The highest BCUT2D eigenvalue weighted by Crippen LogP contribution is 2.71. The van der Waals surface area contributed by atoms with Gasteiger partial charge in [0.2, 0.25) is 0 Å². The largest absolute Gasteiger partial charge is 0.391 e. The van der Waals surface area contributed by atoms with Crippen molar-refractivity contribution in [2.75, 3.05) is 0 Å². The SMILES string of the molecule is C[C@@H]1CC2C3CCC4=CC(=O)C=CC4(C)[C@@]3(Cl)[C@@H](O)CC2(C)[C@@]1(O)C(=O)N[C@H](C)c1cccc2ccccc12. The van der Waals surface area contributed by atoms with Gasteiger partial charge in [-0.3, -0.25) is 9.59 Å². The van der Waals surface area contributed by atoms with Gasteiger partial charge >= 0.3 is 0 Å². The van der Waals surface area contributed by atoms with E-state index in [1.54, 1.807) is 12.2 Å². The molecule has 4 unspecified atom stereocenters. The smallest absolute Gasteiger partial charge is 0.253 e. The van der Waals surface area contributed by atoms with E-state index in [0.29, 0.717) is 19.3 Å². The standard InChI is InChI=1S/C33H38ClNO4/c1-19-16-27-26-13-12-22-17-23(36)14-15-30(22,3)32(26,34)28(37)18-31(27,4)33(19,39)29(38)35-20(2)24-11-7-9-21-8-5-6-10-25(21)24/h5-11,14-15,17,19-20,26-28,37,39H,12-13,16,18H2,1-4H3,(H,35,38)/t19-,20-,26?,27?,28+,30?,31?,32+,33+/m1/s1. The van der Waals surface area contributed by atoms with Gasteiger partial charge in [-0.25, -0.2) is 0 Å². The number of alkyl halides is 1. The molecule has 6 heteroatoms. The van der Waals surface area contributed by atoms with E-state index >= 15 is 0 Å². The van der Waals surface area contributed by atoms with Crippen LogP contribution in [0.5, 0.6) is 0 Å². The third kappa shape index (κ3) is 3.39. The Morgan fingerprint density at radius 2 is 1.85 bits per heavy atom. The lowest BCUT2D eigenvalue weighted by Crippen LogP contribution is -2.69. The maximum Gasteiger partial charge on any atom is 0.253 e. The first kappa shape index (κ1) is 26.7. The summed E-state index contributed by atoms with van der Waals surface area (Å²) in [5, 5.41) is 29.5. The third-order valence-electron chi connectivity index (χ3n) is 11.2. The monoisotopic (exact) mass is 547 g/mol. The summed E-state index contributed by atoms with van der Waals surface area (Å²) in [6, 6.07) is 13.8. The van der Waals surface area contributed by atoms with Gasteiger partial charge in [0.05, 0.1) is 17.0 Å². The summed E-state index contributed by atoms with van der Waals surface area (Å²) < 4.78 is 0. The number of benzene rings is 2. The van der Waals surface area contributed by atoms with E-state index in [9.17, 15) is 19.8 Å². The van der Waals surface area contributed by atoms with Crippen LogP contribution in [-0.4, -0.2) is 38.5 Å². The van der Waals surface area contributed by atoms with Gasteiger partial charge in [0.15, 0.2) is 11.4 Å². The topological polar surface area (TPSA) is 86.6 Å². The highest BCUT2D eigenvalue weighted by atomic mass is 35.5. The normalized spacial score (nSPS) is 41.8. The highest BCUT2D eigenvalue weighted by molar-refractivity contribution is 6.26. The average Bonchev–Trinajstić information content (AvgIpc) is 3.11. The molecule has 0 spiro atoms. The van der Waals surface area contributed by atoms with E-state index in [4.69, 9.17) is 11.6 Å². The van der Waals surface area contributed by atoms with Crippen LogP contribution in [-0.2, 0) is 9.59 Å².